The maximum Gasteiger partial charge on any atom is 0.323 e. The molecule has 0 amide bonds. The molecule has 1 heterocycles. The molecule has 7 nitrogen and oxygen atoms in total. The molecule has 0 aliphatic carbocycles. The second kappa shape index (κ2) is 15.2. The zero-order valence-corrected chi connectivity index (χ0v) is 20.8. The lowest BCUT2D eigenvalue weighted by molar-refractivity contribution is 0.00716. The molecule has 9 heteroatoms. The Morgan fingerprint density at radius 3 is 1.97 bits per heavy atom. The first kappa shape index (κ1) is 26.4. The number of nitrogens with zero attached hydrogens (tertiary/aromatic N) is 1. The monoisotopic (exact) mass is 445 g/mol. The van der Waals surface area contributed by atoms with E-state index in [0.717, 1.165) is 25.0 Å². The molecule has 0 atom stereocenters. The van der Waals surface area contributed by atoms with Gasteiger partial charge in [-0.15, -0.1) is 0 Å². The third kappa shape index (κ3) is 14.9. The number of ether oxygens (including phenoxy) is 3. The van der Waals surface area contributed by atoms with Crippen LogP contribution < -0.4 is 0 Å². The van der Waals surface area contributed by atoms with Gasteiger partial charge >= 0.3 is 17.1 Å². The van der Waals surface area contributed by atoms with Gasteiger partial charge in [0.05, 0.1) is 46.2 Å². The van der Waals surface area contributed by atoms with Gasteiger partial charge < -0.3 is 27.2 Å². The maximum absolute atomic E-state index is 6.27. The lowest BCUT2D eigenvalue weighted by atomic mass is 10.3. The number of aromatic nitrogens is 1. The minimum atomic E-state index is -2.29. The average molecular weight is 446 g/mol. The smallest absolute Gasteiger partial charge is 0.323 e. The number of hydrogen-bond acceptors (Lipinski definition) is 7. The summed E-state index contributed by atoms with van der Waals surface area (Å²) in [7, 11) is -4.57. The van der Waals surface area contributed by atoms with E-state index < -0.39 is 17.1 Å². The fourth-order valence-corrected chi connectivity index (χ4v) is 8.82. The van der Waals surface area contributed by atoms with Gasteiger partial charge in [-0.1, -0.05) is 19.4 Å². The van der Waals surface area contributed by atoms with E-state index in [1.807, 2.05) is 44.5 Å². The van der Waals surface area contributed by atoms with Crippen LogP contribution in [0, 0.1) is 0 Å². The first-order valence-corrected chi connectivity index (χ1v) is 16.1. The van der Waals surface area contributed by atoms with E-state index in [4.69, 9.17) is 27.2 Å². The van der Waals surface area contributed by atoms with Crippen LogP contribution in [-0.4, -0.2) is 68.4 Å². The van der Waals surface area contributed by atoms with Gasteiger partial charge in [0.15, 0.2) is 0 Å². The predicted octanol–water partition coefficient (Wildman–Crippen LogP) is 3.88. The largest absolute Gasteiger partial charge is 0.415 e. The molecule has 0 bridgehead atoms. The number of hydrogen-bond donors (Lipinski definition) is 0. The van der Waals surface area contributed by atoms with E-state index in [1.54, 1.807) is 6.20 Å². The second-order valence-corrected chi connectivity index (χ2v) is 14.6. The third-order valence-electron chi connectivity index (χ3n) is 3.86. The summed E-state index contributed by atoms with van der Waals surface area (Å²) in [6, 6.07) is 3.90. The molecule has 0 aromatic carbocycles. The van der Waals surface area contributed by atoms with Crippen LogP contribution >= 0.6 is 0 Å². The molecular formula is C20H39NO6Si2. The molecule has 0 radical (unpaired) electrons. The van der Waals surface area contributed by atoms with E-state index in [9.17, 15) is 0 Å². The van der Waals surface area contributed by atoms with Crippen molar-refractivity contribution in [1.82, 2.24) is 4.98 Å². The molecule has 0 saturated heterocycles. The van der Waals surface area contributed by atoms with Crippen molar-refractivity contribution in [2.24, 2.45) is 0 Å². The van der Waals surface area contributed by atoms with Gasteiger partial charge in [0, 0.05) is 19.0 Å². The molecule has 29 heavy (non-hydrogen) atoms. The average Bonchev–Trinajstić information content (AvgIpc) is 2.67. The third-order valence-corrected chi connectivity index (χ3v) is 9.54. The lowest BCUT2D eigenvalue weighted by Crippen LogP contribution is -2.48. The summed E-state index contributed by atoms with van der Waals surface area (Å²) < 4.78 is 34.7. The van der Waals surface area contributed by atoms with E-state index >= 15 is 0 Å². The minimum Gasteiger partial charge on any atom is -0.415 e. The van der Waals surface area contributed by atoms with Crippen LogP contribution in [0.25, 0.3) is 0 Å². The van der Waals surface area contributed by atoms with Crippen LogP contribution in [-0.2, 0) is 33.8 Å². The highest BCUT2D eigenvalue weighted by atomic mass is 28.5. The van der Waals surface area contributed by atoms with Crippen LogP contribution in [0.5, 0.6) is 0 Å². The van der Waals surface area contributed by atoms with Crippen LogP contribution in [0.3, 0.4) is 0 Å². The predicted molar refractivity (Wildman–Crippen MR) is 118 cm³/mol. The SMILES string of the molecule is CCCCOCCOCCOCCO[Si](C)(C)O[Si](C)(C)OCc1cccnc1. The van der Waals surface area contributed by atoms with Crippen LogP contribution in [0.15, 0.2) is 24.5 Å². The number of pyridine rings is 1. The Hall–Kier alpha value is -0.656. The molecule has 1 aromatic heterocycles. The Morgan fingerprint density at radius 1 is 0.793 bits per heavy atom. The zero-order chi connectivity index (χ0) is 21.4. The summed E-state index contributed by atoms with van der Waals surface area (Å²) in [6.07, 6.45) is 5.82. The second-order valence-electron chi connectivity index (χ2n) is 7.59. The minimum absolute atomic E-state index is 0.504. The van der Waals surface area contributed by atoms with Crippen molar-refractivity contribution in [3.8, 4) is 0 Å². The molecule has 168 valence electrons. The normalized spacial score (nSPS) is 12.4. The summed E-state index contributed by atoms with van der Waals surface area (Å²) in [5, 5.41) is 0. The lowest BCUT2D eigenvalue weighted by Gasteiger charge is -2.32. The van der Waals surface area contributed by atoms with Crippen LogP contribution in [0.1, 0.15) is 25.3 Å². The van der Waals surface area contributed by atoms with Gasteiger partial charge in [0.1, 0.15) is 0 Å². The molecule has 0 aliphatic rings. The Labute approximate surface area is 178 Å². The summed E-state index contributed by atoms with van der Waals surface area (Å²) in [5.41, 5.74) is 1.04. The summed E-state index contributed by atoms with van der Waals surface area (Å²) >= 11 is 0. The van der Waals surface area contributed by atoms with Crippen LogP contribution in [0.4, 0.5) is 0 Å². The van der Waals surface area contributed by atoms with Crippen molar-refractivity contribution in [3.63, 3.8) is 0 Å². The van der Waals surface area contributed by atoms with Gasteiger partial charge in [-0.3, -0.25) is 4.98 Å². The van der Waals surface area contributed by atoms with Gasteiger partial charge in [0.2, 0.25) is 0 Å². The molecule has 0 saturated carbocycles. The molecule has 1 aromatic rings. The molecule has 0 aliphatic heterocycles. The van der Waals surface area contributed by atoms with Crippen molar-refractivity contribution < 1.29 is 27.2 Å². The van der Waals surface area contributed by atoms with Crippen molar-refractivity contribution >= 4 is 17.1 Å². The molecule has 0 unspecified atom stereocenters. The molecule has 1 rings (SSSR count). The van der Waals surface area contributed by atoms with Crippen molar-refractivity contribution in [2.75, 3.05) is 46.2 Å². The van der Waals surface area contributed by atoms with Crippen molar-refractivity contribution in [1.29, 1.82) is 0 Å². The quantitative estimate of drug-likeness (QED) is 0.251. The van der Waals surface area contributed by atoms with E-state index in [2.05, 4.69) is 11.9 Å². The van der Waals surface area contributed by atoms with Gasteiger partial charge in [-0.25, -0.2) is 0 Å². The van der Waals surface area contributed by atoms with Gasteiger partial charge in [-0.05, 0) is 44.2 Å². The summed E-state index contributed by atoms with van der Waals surface area (Å²) in [4.78, 5) is 4.11. The van der Waals surface area contributed by atoms with Crippen LogP contribution in [0.2, 0.25) is 26.2 Å². The zero-order valence-electron chi connectivity index (χ0n) is 18.8. The number of rotatable bonds is 18. The standard InChI is InChI=1S/C20H39NO6Si2/c1-6-7-11-22-12-13-23-14-15-24-16-17-25-28(2,3)27-29(4,5)26-19-20-9-8-10-21-18-20/h8-10,18H,6-7,11-17,19H2,1-5H3. The highest BCUT2D eigenvalue weighted by Gasteiger charge is 2.36. The summed E-state index contributed by atoms with van der Waals surface area (Å²) in [5.74, 6) is 0. The number of unbranched alkanes of at least 4 members (excludes halogenated alkanes) is 1. The van der Waals surface area contributed by atoms with E-state index in [-0.39, 0.29) is 0 Å². The Morgan fingerprint density at radius 2 is 1.38 bits per heavy atom. The van der Waals surface area contributed by atoms with E-state index in [0.29, 0.717) is 46.2 Å². The topological polar surface area (TPSA) is 68.3 Å². The van der Waals surface area contributed by atoms with Gasteiger partial charge in [-0.2, -0.15) is 0 Å². The fraction of sp³-hybridized carbons (Fsp3) is 0.750. The maximum atomic E-state index is 6.27. The Balaban J connectivity index is 2.06. The Kier molecular flexibility index (Phi) is 13.8. The molecular weight excluding hydrogens is 406 g/mol. The fourth-order valence-electron chi connectivity index (χ4n) is 2.53. The van der Waals surface area contributed by atoms with Gasteiger partial charge in [0.25, 0.3) is 0 Å². The first-order chi connectivity index (χ1) is 13.8. The first-order valence-electron chi connectivity index (χ1n) is 10.4. The van der Waals surface area contributed by atoms with Crippen molar-refractivity contribution in [2.45, 2.75) is 52.6 Å². The highest BCUT2D eigenvalue weighted by molar-refractivity contribution is 6.78. The van der Waals surface area contributed by atoms with E-state index in [1.165, 1.54) is 0 Å². The molecule has 0 spiro atoms. The Bertz CT molecular complexity index is 519. The molecule has 0 fully saturated rings. The molecule has 0 N–H and O–H groups in total. The van der Waals surface area contributed by atoms with Crippen molar-refractivity contribution in [3.05, 3.63) is 30.1 Å². The highest BCUT2D eigenvalue weighted by Crippen LogP contribution is 2.18. The summed E-state index contributed by atoms with van der Waals surface area (Å²) in [6.45, 7) is 15.0.